The largest absolute Gasteiger partial charge is 0.310 e. The van der Waals surface area contributed by atoms with Gasteiger partial charge in [-0.05, 0) is 363 Å². The predicted octanol–water partition coefficient (Wildman–Crippen LogP) is 37.6. The Morgan fingerprint density at radius 1 is 0.183 bits per heavy atom. The van der Waals surface area contributed by atoms with Gasteiger partial charge in [0.05, 0.1) is 41.0 Å². The van der Waals surface area contributed by atoms with E-state index in [-0.39, 0.29) is 34.9 Å². The maximum absolute atomic E-state index is 14.8. The summed E-state index contributed by atoms with van der Waals surface area (Å²) < 4.78 is 87.0. The lowest BCUT2D eigenvalue weighted by molar-refractivity contribution is 0.627. The van der Waals surface area contributed by atoms with Gasteiger partial charge in [-0.3, -0.25) is 0 Å². The summed E-state index contributed by atoms with van der Waals surface area (Å²) >= 11 is 0. The highest BCUT2D eigenvalue weighted by Gasteiger charge is 2.29. The molecule has 0 bridgehead atoms. The molecule has 0 radical (unpaired) electrons. The summed E-state index contributed by atoms with van der Waals surface area (Å²) in [7, 11) is 0. The lowest BCUT2D eigenvalue weighted by Crippen LogP contribution is -2.12. The maximum Gasteiger partial charge on any atom is 0.187 e. The molecule has 0 saturated heterocycles. The van der Waals surface area contributed by atoms with E-state index in [0.29, 0.717) is 11.3 Å². The Balaban J connectivity index is 0.000000158. The molecule has 0 fully saturated rings. The fourth-order valence-electron chi connectivity index (χ4n) is 20.0. The van der Waals surface area contributed by atoms with Gasteiger partial charge in [-0.2, -0.15) is 5.26 Å². The van der Waals surface area contributed by atoms with Crippen LogP contribution in [-0.4, -0.2) is 0 Å². The zero-order chi connectivity index (χ0) is 96.0. The van der Waals surface area contributed by atoms with Gasteiger partial charge in [-0.25, -0.2) is 31.2 Å². The molecule has 0 amide bonds. The minimum atomic E-state index is -0.346. The molecule has 24 rings (SSSR count). The Labute approximate surface area is 816 Å². The summed E-state index contributed by atoms with van der Waals surface area (Å²) in [5, 5.41) is 22.4. The van der Waals surface area contributed by atoms with Crippen LogP contribution in [0.2, 0.25) is 0 Å². The molecule has 0 saturated carbocycles. The van der Waals surface area contributed by atoms with E-state index >= 15 is 0 Å². The van der Waals surface area contributed by atoms with Gasteiger partial charge >= 0.3 is 0 Å². The fraction of sp³-hybridized carbons (Fsp3) is 0. The molecular weight excluding hydrogens is 1760 g/mol. The molecule has 0 spiro atoms. The molecule has 0 aliphatic carbocycles. The van der Waals surface area contributed by atoms with E-state index in [1.165, 1.54) is 72.8 Å². The molecule has 0 aliphatic heterocycles. The lowest BCUT2D eigenvalue weighted by atomic mass is 9.91. The minimum absolute atomic E-state index is 0.299. The summed E-state index contributed by atoms with van der Waals surface area (Å²) in [6.45, 7) is 7.78. The predicted molar refractivity (Wildman–Crippen MR) is 573 cm³/mol. The number of rotatable bonds is 20. The normalized spacial score (nSPS) is 11.3. The average Bonchev–Trinajstić information content (AvgIpc) is 0.720. The maximum atomic E-state index is 14.8. The van der Waals surface area contributed by atoms with Crippen LogP contribution in [0.25, 0.3) is 158 Å². The van der Waals surface area contributed by atoms with E-state index in [0.717, 1.165) is 222 Å². The Morgan fingerprint density at radius 2 is 0.373 bits per heavy atom. The standard InChI is InChI=1S/C66H40F2N4.C64H40F4N2/c1-70-56-26-30-58(31-27-56)72(60-39-51(45-10-6-3-7-11-45)37-53(41-60)47-16-24-55(68)25-17-47)64-35-21-49-18-32-61-63(34-20-48-19-33-62(64)66(49)65(48)61)71(57-28-12-43(42-69)13-29-57)59-38-50(44-8-4-2-5-9-44)36-52(40-59)46-14-22-54(67)23-15-46;65-51-19-11-43(12-20-51)49-35-47(41-7-3-1-4-8-41)37-57(39-49)69(55-27-23-53(67)24-28-55)61-33-17-45-16-32-60-62(34-18-46-15-31-59(61)63(45)64(46)60)70(56-29-25-54(68)26-30-56)58-38-48(42-9-5-2-6-10-42)36-50(40-58)44-13-21-52(66)22-14-44/h2-41H;1-40H. The molecule has 142 heavy (non-hydrogen) atoms. The Bertz CT molecular complexity index is 8410. The second kappa shape index (κ2) is 37.3. The molecule has 12 heteroatoms. The van der Waals surface area contributed by atoms with E-state index in [1.54, 1.807) is 48.5 Å². The molecule has 0 N–H and O–H groups in total. The van der Waals surface area contributed by atoms with Crippen LogP contribution < -0.4 is 19.6 Å². The van der Waals surface area contributed by atoms with Crippen LogP contribution >= 0.6 is 0 Å². The van der Waals surface area contributed by atoms with Crippen LogP contribution in [0.5, 0.6) is 0 Å². The third kappa shape index (κ3) is 16.9. The van der Waals surface area contributed by atoms with Crippen LogP contribution in [-0.2, 0) is 0 Å². The first-order valence-corrected chi connectivity index (χ1v) is 46.7. The zero-order valence-electron chi connectivity index (χ0n) is 76.1. The summed E-state index contributed by atoms with van der Waals surface area (Å²) in [4.78, 5) is 12.6. The highest BCUT2D eigenvalue weighted by molar-refractivity contribution is 6.30. The number of anilines is 12. The van der Waals surface area contributed by atoms with Crippen LogP contribution in [0.4, 0.5) is 100 Å². The first-order chi connectivity index (χ1) is 69.7. The summed E-state index contributed by atoms with van der Waals surface area (Å²) in [6, 6.07) is 158. The van der Waals surface area contributed by atoms with Crippen LogP contribution in [0.15, 0.2) is 485 Å². The van der Waals surface area contributed by atoms with E-state index in [4.69, 9.17) is 6.57 Å². The zero-order valence-corrected chi connectivity index (χ0v) is 76.1. The van der Waals surface area contributed by atoms with E-state index in [9.17, 15) is 31.6 Å². The first-order valence-electron chi connectivity index (χ1n) is 46.7. The Kier molecular flexibility index (Phi) is 22.9. The monoisotopic (exact) mass is 1840 g/mol. The van der Waals surface area contributed by atoms with Crippen LogP contribution in [0.3, 0.4) is 0 Å². The highest BCUT2D eigenvalue weighted by atomic mass is 19.1. The van der Waals surface area contributed by atoms with Crippen molar-refractivity contribution < 1.29 is 26.3 Å². The molecule has 0 aliphatic rings. The second-order valence-corrected chi connectivity index (χ2v) is 35.3. The van der Waals surface area contributed by atoms with Crippen molar-refractivity contribution in [1.82, 2.24) is 0 Å². The Morgan fingerprint density at radius 3 is 0.585 bits per heavy atom. The van der Waals surface area contributed by atoms with Crippen molar-refractivity contribution in [3.8, 4) is 95.1 Å². The van der Waals surface area contributed by atoms with Crippen molar-refractivity contribution in [3.63, 3.8) is 0 Å². The van der Waals surface area contributed by atoms with E-state index in [1.807, 2.05) is 146 Å². The number of halogens is 6. The topological polar surface area (TPSA) is 41.1 Å². The molecular formula is C130H80F6N6. The van der Waals surface area contributed by atoms with Crippen LogP contribution in [0.1, 0.15) is 5.56 Å². The lowest BCUT2D eigenvalue weighted by Gasteiger charge is -2.30. The second-order valence-electron chi connectivity index (χ2n) is 35.3. The van der Waals surface area contributed by atoms with Gasteiger partial charge in [0.2, 0.25) is 0 Å². The van der Waals surface area contributed by atoms with E-state index < -0.39 is 0 Å². The van der Waals surface area contributed by atoms with Crippen LogP contribution in [0, 0.1) is 52.8 Å². The third-order valence-corrected chi connectivity index (χ3v) is 26.7. The number of nitrogens with zero attached hydrogens (tertiary/aromatic N) is 6. The van der Waals surface area contributed by atoms with Gasteiger partial charge in [0.25, 0.3) is 0 Å². The van der Waals surface area contributed by atoms with Crippen molar-refractivity contribution in [1.29, 1.82) is 5.26 Å². The van der Waals surface area contributed by atoms with Crippen molar-refractivity contribution in [2.24, 2.45) is 0 Å². The molecule has 24 aromatic rings. The number of benzene rings is 24. The van der Waals surface area contributed by atoms with Gasteiger partial charge in [-0.15, -0.1) is 0 Å². The molecule has 0 unspecified atom stereocenters. The molecule has 24 aromatic carbocycles. The quantitative estimate of drug-likeness (QED) is 0.0432. The molecule has 6 nitrogen and oxygen atoms in total. The number of nitriles is 1. The van der Waals surface area contributed by atoms with Crippen molar-refractivity contribution in [2.75, 3.05) is 19.6 Å². The summed E-state index contributed by atoms with van der Waals surface area (Å²) in [5.74, 6) is -1.92. The summed E-state index contributed by atoms with van der Waals surface area (Å²) in [5.41, 5.74) is 26.6. The number of hydrogen-bond donors (Lipinski definition) is 0. The van der Waals surface area contributed by atoms with Crippen molar-refractivity contribution >= 4 is 139 Å². The SMILES string of the molecule is Fc1ccc(-c2cc(-c3ccccc3)cc(N(c3ccc(F)cc3)c3ccc4ccc5c(N(c6ccc(F)cc6)c6cc(-c7ccccc7)cc(-c7ccc(F)cc7)c6)ccc6ccc3c4c65)c2)cc1.[C-]#[N+]c1ccc(N(c2cc(-c3ccccc3)cc(-c3ccc(F)cc3)c2)c2ccc3ccc4c(N(c5ccc(C#N)cc5)c5cc(-c6ccccc6)cc(-c6ccc(F)cc6)c5)ccc5ccc2c3c54)cc1. The molecule has 0 heterocycles. The minimum Gasteiger partial charge on any atom is -0.310 e. The molecule has 672 valence electrons. The first kappa shape index (κ1) is 87.2. The number of hydrogen-bond acceptors (Lipinski definition) is 5. The molecule has 0 atom stereocenters. The van der Waals surface area contributed by atoms with Crippen molar-refractivity contribution in [2.45, 2.75) is 0 Å². The van der Waals surface area contributed by atoms with Crippen molar-refractivity contribution in [3.05, 3.63) is 537 Å². The van der Waals surface area contributed by atoms with Gasteiger partial charge < -0.3 is 19.6 Å². The van der Waals surface area contributed by atoms with Gasteiger partial charge in [-0.1, -0.05) is 255 Å². The molecule has 0 aromatic heterocycles. The Hall–Kier alpha value is -18.9. The van der Waals surface area contributed by atoms with Gasteiger partial charge in [0.15, 0.2) is 5.69 Å². The summed E-state index contributed by atoms with van der Waals surface area (Å²) in [6.07, 6.45) is 0. The van der Waals surface area contributed by atoms with Gasteiger partial charge in [0, 0.05) is 67.0 Å². The third-order valence-electron chi connectivity index (χ3n) is 26.7. The fourth-order valence-corrected chi connectivity index (χ4v) is 20.0. The average molecular weight is 1840 g/mol. The van der Waals surface area contributed by atoms with E-state index in [2.05, 4.69) is 249 Å². The highest BCUT2D eigenvalue weighted by Crippen LogP contribution is 2.54. The smallest absolute Gasteiger partial charge is 0.187 e. The van der Waals surface area contributed by atoms with Gasteiger partial charge in [0.1, 0.15) is 34.9 Å².